The van der Waals surface area contributed by atoms with E-state index in [4.69, 9.17) is 0 Å². The molecule has 0 aromatic rings. The van der Waals surface area contributed by atoms with Gasteiger partial charge in [0.15, 0.2) is 0 Å². The lowest BCUT2D eigenvalue weighted by Crippen LogP contribution is -2.56. The summed E-state index contributed by atoms with van der Waals surface area (Å²) in [7, 11) is 0. The maximum Gasteiger partial charge on any atom is 0.408 e. The topological polar surface area (TPSA) is 81.1 Å². The molecular formula is C15H25N2O4S4. The summed E-state index contributed by atoms with van der Waals surface area (Å²) in [4.78, 5) is 26.3. The lowest BCUT2D eigenvalue weighted by Gasteiger charge is -2.44. The minimum absolute atomic E-state index is 0.247. The molecule has 2 aliphatic rings. The molecule has 2 saturated carbocycles. The molecule has 0 saturated heterocycles. The first-order valence-corrected chi connectivity index (χ1v) is 10.2. The SMILES string of the molecule is CC(S)C(S)N(C(=O)O)C1CC2C[C]1C(N(C(=O)O)C(S)C(C)S)C2. The molecule has 1 radical (unpaired) electrons. The molecule has 0 aromatic heterocycles. The average Bonchev–Trinajstić information content (AvgIpc) is 3.06. The number of nitrogens with zero attached hydrogens (tertiary/aromatic N) is 2. The summed E-state index contributed by atoms with van der Waals surface area (Å²) in [5.74, 6) is 1.22. The average molecular weight is 426 g/mol. The fourth-order valence-electron chi connectivity index (χ4n) is 3.94. The lowest BCUT2D eigenvalue weighted by molar-refractivity contribution is 0.0903. The summed E-state index contributed by atoms with van der Waals surface area (Å²) in [6.45, 7) is 3.59. The van der Waals surface area contributed by atoms with Gasteiger partial charge in [-0.2, -0.15) is 50.5 Å². The summed E-state index contributed by atoms with van der Waals surface area (Å²) in [5, 5.41) is 17.8. The van der Waals surface area contributed by atoms with E-state index in [0.29, 0.717) is 12.8 Å². The van der Waals surface area contributed by atoms with Crippen LogP contribution in [0.2, 0.25) is 0 Å². The van der Waals surface area contributed by atoms with Crippen molar-refractivity contribution in [2.24, 2.45) is 5.92 Å². The van der Waals surface area contributed by atoms with Crippen molar-refractivity contribution < 1.29 is 19.8 Å². The quantitative estimate of drug-likeness (QED) is 0.292. The largest absolute Gasteiger partial charge is 0.465 e. The summed E-state index contributed by atoms with van der Waals surface area (Å²) < 4.78 is 0. The molecule has 6 unspecified atom stereocenters. The van der Waals surface area contributed by atoms with Crippen LogP contribution in [0.1, 0.15) is 33.1 Å². The Kier molecular flexibility index (Phi) is 7.06. The molecule has 2 bridgehead atoms. The third kappa shape index (κ3) is 4.27. The van der Waals surface area contributed by atoms with Crippen molar-refractivity contribution in [3.63, 3.8) is 0 Å². The number of thiol groups is 4. The molecule has 2 aliphatic carbocycles. The second kappa shape index (κ2) is 8.31. The Labute approximate surface area is 170 Å². The zero-order valence-electron chi connectivity index (χ0n) is 14.1. The lowest BCUT2D eigenvalue weighted by atomic mass is 9.88. The van der Waals surface area contributed by atoms with Crippen LogP contribution < -0.4 is 0 Å². The Morgan fingerprint density at radius 3 is 1.52 bits per heavy atom. The van der Waals surface area contributed by atoms with Crippen molar-refractivity contribution in [2.75, 3.05) is 0 Å². The van der Waals surface area contributed by atoms with Crippen molar-refractivity contribution >= 4 is 62.7 Å². The highest BCUT2D eigenvalue weighted by atomic mass is 32.1. The molecule has 2 amide bonds. The number of fused-ring (bicyclic) bond motifs is 2. The van der Waals surface area contributed by atoms with Gasteiger partial charge in [-0.05, 0) is 25.2 Å². The number of hydrogen-bond acceptors (Lipinski definition) is 6. The van der Waals surface area contributed by atoms with Gasteiger partial charge in [-0.25, -0.2) is 9.59 Å². The van der Waals surface area contributed by atoms with E-state index in [9.17, 15) is 19.8 Å². The van der Waals surface area contributed by atoms with Crippen LogP contribution in [0, 0.1) is 11.8 Å². The highest BCUT2D eigenvalue weighted by Gasteiger charge is 2.54. The van der Waals surface area contributed by atoms with Crippen LogP contribution in [0.3, 0.4) is 0 Å². The zero-order chi connectivity index (χ0) is 19.0. The predicted octanol–water partition coefficient (Wildman–Crippen LogP) is 3.22. The van der Waals surface area contributed by atoms with Crippen molar-refractivity contribution in [1.29, 1.82) is 0 Å². The summed E-state index contributed by atoms with van der Waals surface area (Å²) in [6, 6.07) is -0.674. The highest BCUT2D eigenvalue weighted by Crippen LogP contribution is 2.51. The van der Waals surface area contributed by atoms with E-state index in [2.05, 4.69) is 50.5 Å². The molecule has 0 heterocycles. The zero-order valence-corrected chi connectivity index (χ0v) is 17.6. The number of rotatable bonds is 6. The van der Waals surface area contributed by atoms with E-state index >= 15 is 0 Å². The van der Waals surface area contributed by atoms with Crippen LogP contribution >= 0.6 is 50.5 Å². The van der Waals surface area contributed by atoms with Gasteiger partial charge in [0.1, 0.15) is 0 Å². The molecular weight excluding hydrogens is 400 g/mol. The van der Waals surface area contributed by atoms with Gasteiger partial charge >= 0.3 is 12.2 Å². The number of amides is 2. The van der Waals surface area contributed by atoms with Crippen LogP contribution in [0.5, 0.6) is 0 Å². The molecule has 25 heavy (non-hydrogen) atoms. The third-order valence-corrected chi connectivity index (χ3v) is 7.47. The first kappa shape index (κ1) is 21.2. The Morgan fingerprint density at radius 1 is 0.920 bits per heavy atom. The molecule has 2 rings (SSSR count). The van der Waals surface area contributed by atoms with Crippen LogP contribution in [0.25, 0.3) is 0 Å². The summed E-state index contributed by atoms with van der Waals surface area (Å²) in [5.41, 5.74) is 0. The minimum Gasteiger partial charge on any atom is -0.465 e. The first-order chi connectivity index (χ1) is 11.6. The Balaban J connectivity index is 2.28. The van der Waals surface area contributed by atoms with Gasteiger partial charge in [0, 0.05) is 28.5 Å². The summed E-state index contributed by atoms with van der Waals surface area (Å²) >= 11 is 17.5. The van der Waals surface area contributed by atoms with Gasteiger partial charge in [0.05, 0.1) is 10.7 Å². The molecule has 2 N–H and O–H groups in total. The van der Waals surface area contributed by atoms with Crippen molar-refractivity contribution in [1.82, 2.24) is 9.80 Å². The van der Waals surface area contributed by atoms with E-state index in [1.165, 1.54) is 9.80 Å². The number of hydrogen-bond donors (Lipinski definition) is 6. The number of carboxylic acid groups (broad SMARTS) is 2. The molecule has 6 nitrogen and oxygen atoms in total. The van der Waals surface area contributed by atoms with Gasteiger partial charge in [-0.3, -0.25) is 9.80 Å². The maximum atomic E-state index is 11.8. The molecule has 0 spiro atoms. The van der Waals surface area contributed by atoms with Crippen molar-refractivity contribution in [3.05, 3.63) is 5.92 Å². The van der Waals surface area contributed by atoms with Gasteiger partial charge < -0.3 is 10.2 Å². The monoisotopic (exact) mass is 425 g/mol. The fraction of sp³-hybridized carbons (Fsp3) is 0.800. The molecule has 2 fully saturated rings. The Hall–Kier alpha value is -0.0600. The summed E-state index contributed by atoms with van der Waals surface area (Å²) in [6.07, 6.45) is 0.0347. The van der Waals surface area contributed by atoms with Gasteiger partial charge in [-0.1, -0.05) is 13.8 Å². The normalized spacial score (nSPS) is 30.6. The van der Waals surface area contributed by atoms with E-state index in [0.717, 1.165) is 12.3 Å². The first-order valence-electron chi connectivity index (χ1n) is 8.16. The second-order valence-electron chi connectivity index (χ2n) is 6.84. The van der Waals surface area contributed by atoms with Crippen LogP contribution in [-0.4, -0.2) is 65.5 Å². The number of carbonyl (C=O) groups is 2. The van der Waals surface area contributed by atoms with Crippen molar-refractivity contribution in [2.45, 2.75) is 66.4 Å². The molecule has 143 valence electrons. The second-order valence-corrected chi connectivity index (χ2v) is 9.52. The van der Waals surface area contributed by atoms with Gasteiger partial charge in [-0.15, -0.1) is 0 Å². The van der Waals surface area contributed by atoms with Crippen LogP contribution in [-0.2, 0) is 0 Å². The van der Waals surface area contributed by atoms with E-state index in [1.807, 2.05) is 0 Å². The fourth-order valence-corrected chi connectivity index (χ4v) is 4.74. The predicted molar refractivity (Wildman–Crippen MR) is 110 cm³/mol. The van der Waals surface area contributed by atoms with E-state index < -0.39 is 22.9 Å². The van der Waals surface area contributed by atoms with E-state index in [1.54, 1.807) is 13.8 Å². The highest BCUT2D eigenvalue weighted by molar-refractivity contribution is 7.85. The Morgan fingerprint density at radius 2 is 1.28 bits per heavy atom. The van der Waals surface area contributed by atoms with E-state index in [-0.39, 0.29) is 28.5 Å². The molecule has 0 aromatic carbocycles. The van der Waals surface area contributed by atoms with Crippen LogP contribution in [0.15, 0.2) is 0 Å². The molecule has 10 heteroatoms. The third-order valence-electron chi connectivity index (χ3n) is 5.04. The Bertz CT molecular complexity index is 480. The van der Waals surface area contributed by atoms with Gasteiger partial charge in [0.25, 0.3) is 0 Å². The van der Waals surface area contributed by atoms with Gasteiger partial charge in [0.2, 0.25) is 0 Å². The van der Waals surface area contributed by atoms with Crippen LogP contribution in [0.4, 0.5) is 9.59 Å². The minimum atomic E-state index is -1.06. The smallest absolute Gasteiger partial charge is 0.408 e. The molecule has 0 aliphatic heterocycles. The standard InChI is InChI=1S/C15H25N2O4S4/c1-6(22)12(24)16(14(18)19)10-4-8-3-9(10)11(5-8)17(15(20)21)13(25)7(2)23/h6-8,10-13,22-25H,3-5H2,1-2H3,(H,18,19)(H,20,21). The maximum absolute atomic E-state index is 11.8. The molecule has 6 atom stereocenters. The van der Waals surface area contributed by atoms with Crippen molar-refractivity contribution in [3.8, 4) is 0 Å².